The number of rotatable bonds is 3. The minimum atomic E-state index is 0.728. The quantitative estimate of drug-likeness (QED) is 0.535. The van der Waals surface area contributed by atoms with Gasteiger partial charge in [0.15, 0.2) is 17.3 Å². The third-order valence-electron chi connectivity index (χ3n) is 5.00. The minimum Gasteiger partial charge on any atom is -0.352 e. The second kappa shape index (κ2) is 6.84. The molecule has 1 fully saturated rings. The van der Waals surface area contributed by atoms with E-state index in [1.807, 2.05) is 42.0 Å². The van der Waals surface area contributed by atoms with Crippen LogP contribution in [-0.4, -0.2) is 60.9 Å². The molecule has 5 rings (SSSR count). The van der Waals surface area contributed by atoms with Gasteiger partial charge >= 0.3 is 0 Å². The number of nitrogens with zero attached hydrogens (tertiary/aromatic N) is 9. The van der Waals surface area contributed by atoms with Gasteiger partial charge in [0.2, 0.25) is 0 Å². The maximum absolute atomic E-state index is 4.50. The van der Waals surface area contributed by atoms with E-state index < -0.39 is 0 Å². The van der Waals surface area contributed by atoms with Gasteiger partial charge in [0.25, 0.3) is 0 Å². The average molecular weight is 373 g/mol. The monoisotopic (exact) mass is 373 g/mol. The van der Waals surface area contributed by atoms with Crippen LogP contribution in [0.4, 0.5) is 11.6 Å². The van der Waals surface area contributed by atoms with E-state index in [1.54, 1.807) is 18.7 Å². The van der Waals surface area contributed by atoms with Crippen molar-refractivity contribution in [2.45, 2.75) is 6.92 Å². The molecule has 9 nitrogen and oxygen atoms in total. The van der Waals surface area contributed by atoms with E-state index in [4.69, 9.17) is 0 Å². The van der Waals surface area contributed by atoms with Gasteiger partial charge in [-0.05, 0) is 31.2 Å². The first-order valence-electron chi connectivity index (χ1n) is 9.19. The van der Waals surface area contributed by atoms with Gasteiger partial charge in [-0.2, -0.15) is 0 Å². The molecule has 0 atom stereocenters. The van der Waals surface area contributed by atoms with Crippen LogP contribution < -0.4 is 9.80 Å². The van der Waals surface area contributed by atoms with Gasteiger partial charge in [-0.1, -0.05) is 0 Å². The molecule has 0 saturated carbocycles. The van der Waals surface area contributed by atoms with Crippen molar-refractivity contribution in [3.05, 3.63) is 55.0 Å². The fraction of sp³-hybridized carbons (Fsp3) is 0.263. The summed E-state index contributed by atoms with van der Waals surface area (Å²) in [4.78, 5) is 21.8. The topological polar surface area (TPSA) is 88.8 Å². The summed E-state index contributed by atoms with van der Waals surface area (Å²) in [6, 6.07) is 7.94. The van der Waals surface area contributed by atoms with Gasteiger partial charge in [0.05, 0.1) is 5.39 Å². The summed E-state index contributed by atoms with van der Waals surface area (Å²) in [5.41, 5.74) is 0.728. The minimum absolute atomic E-state index is 0.728. The second-order valence-corrected chi connectivity index (χ2v) is 6.64. The summed E-state index contributed by atoms with van der Waals surface area (Å²) in [5.74, 6) is 3.49. The zero-order valence-corrected chi connectivity index (χ0v) is 15.5. The molecule has 0 radical (unpaired) electrons. The Bertz CT molecular complexity index is 1090. The molecule has 5 heterocycles. The van der Waals surface area contributed by atoms with Crippen molar-refractivity contribution in [2.75, 3.05) is 36.0 Å². The van der Waals surface area contributed by atoms with Crippen molar-refractivity contribution in [3.8, 4) is 5.82 Å². The molecular weight excluding hydrogens is 354 g/mol. The number of aromatic nitrogens is 7. The van der Waals surface area contributed by atoms with E-state index in [2.05, 4.69) is 39.9 Å². The summed E-state index contributed by atoms with van der Waals surface area (Å²) in [5, 5.41) is 9.77. The third kappa shape index (κ3) is 2.90. The summed E-state index contributed by atoms with van der Waals surface area (Å²) in [6.45, 7) is 5.35. The molecule has 0 unspecified atom stereocenters. The Morgan fingerprint density at radius 1 is 0.786 bits per heavy atom. The number of hydrogen-bond acceptors (Lipinski definition) is 8. The molecular formula is C19H19N9. The maximum atomic E-state index is 4.50. The first-order chi connectivity index (χ1) is 13.8. The zero-order chi connectivity index (χ0) is 18.9. The van der Waals surface area contributed by atoms with Crippen molar-refractivity contribution < 1.29 is 0 Å². The van der Waals surface area contributed by atoms with Gasteiger partial charge in [-0.3, -0.25) is 4.57 Å². The Morgan fingerprint density at radius 2 is 1.57 bits per heavy atom. The van der Waals surface area contributed by atoms with Crippen LogP contribution in [0.2, 0.25) is 0 Å². The summed E-state index contributed by atoms with van der Waals surface area (Å²) in [7, 11) is 0. The highest BCUT2D eigenvalue weighted by molar-refractivity contribution is 5.86. The molecule has 140 valence electrons. The standard InChI is InChI=1S/C19H19N9/c1-14-20-7-8-28(14)17-5-4-16(24-25-17)26-9-11-27(12-10-26)19-15-3-2-6-21-18(15)22-13-23-19/h2-8,13H,9-12H2,1H3. The molecule has 0 N–H and O–H groups in total. The lowest BCUT2D eigenvalue weighted by Gasteiger charge is -2.36. The first-order valence-corrected chi connectivity index (χ1v) is 9.19. The molecule has 28 heavy (non-hydrogen) atoms. The Morgan fingerprint density at radius 3 is 2.32 bits per heavy atom. The fourth-order valence-corrected chi connectivity index (χ4v) is 3.52. The van der Waals surface area contributed by atoms with Crippen molar-refractivity contribution >= 4 is 22.7 Å². The van der Waals surface area contributed by atoms with E-state index in [-0.39, 0.29) is 0 Å². The SMILES string of the molecule is Cc1nccn1-c1ccc(N2CCN(c3ncnc4ncccc34)CC2)nn1. The number of hydrogen-bond donors (Lipinski definition) is 0. The smallest absolute Gasteiger partial charge is 0.164 e. The molecule has 1 aliphatic heterocycles. The highest BCUT2D eigenvalue weighted by Crippen LogP contribution is 2.23. The van der Waals surface area contributed by atoms with Crippen LogP contribution in [0.3, 0.4) is 0 Å². The van der Waals surface area contributed by atoms with Crippen LogP contribution >= 0.6 is 0 Å². The number of imidazole rings is 1. The molecule has 0 bridgehead atoms. The molecule has 9 heteroatoms. The molecule has 0 amide bonds. The van der Waals surface area contributed by atoms with Crippen molar-refractivity contribution in [3.63, 3.8) is 0 Å². The lowest BCUT2D eigenvalue weighted by molar-refractivity contribution is 0.638. The molecule has 0 aromatic carbocycles. The number of piperazine rings is 1. The van der Waals surface area contributed by atoms with Crippen LogP contribution in [0.15, 0.2) is 49.2 Å². The summed E-state index contributed by atoms with van der Waals surface area (Å²) < 4.78 is 1.92. The second-order valence-electron chi connectivity index (χ2n) is 6.64. The Hall–Kier alpha value is -3.62. The van der Waals surface area contributed by atoms with Gasteiger partial charge in [-0.25, -0.2) is 19.9 Å². The van der Waals surface area contributed by atoms with Crippen molar-refractivity contribution in [1.29, 1.82) is 0 Å². The highest BCUT2D eigenvalue weighted by atomic mass is 15.3. The van der Waals surface area contributed by atoms with Crippen LogP contribution in [-0.2, 0) is 0 Å². The van der Waals surface area contributed by atoms with E-state index in [0.717, 1.165) is 60.5 Å². The predicted octanol–water partition coefficient (Wildman–Crippen LogP) is 1.64. The van der Waals surface area contributed by atoms with Crippen LogP contribution in [0.1, 0.15) is 5.82 Å². The number of anilines is 2. The van der Waals surface area contributed by atoms with Crippen LogP contribution in [0.25, 0.3) is 16.9 Å². The van der Waals surface area contributed by atoms with Gasteiger partial charge in [0.1, 0.15) is 18.0 Å². The summed E-state index contributed by atoms with van der Waals surface area (Å²) >= 11 is 0. The largest absolute Gasteiger partial charge is 0.352 e. The molecule has 0 spiro atoms. The van der Waals surface area contributed by atoms with Crippen LogP contribution in [0, 0.1) is 6.92 Å². The zero-order valence-electron chi connectivity index (χ0n) is 15.5. The Kier molecular flexibility index (Phi) is 4.04. The predicted molar refractivity (Wildman–Crippen MR) is 106 cm³/mol. The lowest BCUT2D eigenvalue weighted by atomic mass is 10.2. The highest BCUT2D eigenvalue weighted by Gasteiger charge is 2.21. The molecule has 1 saturated heterocycles. The number of fused-ring (bicyclic) bond motifs is 1. The van der Waals surface area contributed by atoms with E-state index in [1.165, 1.54) is 0 Å². The first kappa shape index (κ1) is 16.5. The van der Waals surface area contributed by atoms with E-state index >= 15 is 0 Å². The third-order valence-corrected chi connectivity index (χ3v) is 5.00. The molecule has 4 aromatic rings. The van der Waals surface area contributed by atoms with E-state index in [0.29, 0.717) is 0 Å². The molecule has 0 aliphatic carbocycles. The average Bonchev–Trinajstić information content (AvgIpc) is 3.19. The van der Waals surface area contributed by atoms with Crippen molar-refractivity contribution in [1.82, 2.24) is 34.7 Å². The number of pyridine rings is 1. The fourth-order valence-electron chi connectivity index (χ4n) is 3.52. The van der Waals surface area contributed by atoms with Crippen LogP contribution in [0.5, 0.6) is 0 Å². The van der Waals surface area contributed by atoms with E-state index in [9.17, 15) is 0 Å². The molecule has 4 aromatic heterocycles. The van der Waals surface area contributed by atoms with Gasteiger partial charge in [-0.15, -0.1) is 10.2 Å². The normalized spacial score (nSPS) is 14.6. The maximum Gasteiger partial charge on any atom is 0.164 e. The lowest BCUT2D eigenvalue weighted by Crippen LogP contribution is -2.47. The molecule has 1 aliphatic rings. The van der Waals surface area contributed by atoms with Gasteiger partial charge < -0.3 is 9.80 Å². The van der Waals surface area contributed by atoms with Crippen molar-refractivity contribution in [2.24, 2.45) is 0 Å². The summed E-state index contributed by atoms with van der Waals surface area (Å²) in [6.07, 6.45) is 6.99. The Balaban J connectivity index is 1.31. The number of aryl methyl sites for hydroxylation is 1. The van der Waals surface area contributed by atoms with Gasteiger partial charge in [0, 0.05) is 44.8 Å². The Labute approximate surface area is 161 Å².